The number of carbonyl (C=O) groups is 1. The maximum atomic E-state index is 12.4. The lowest BCUT2D eigenvalue weighted by atomic mass is 10.1. The minimum atomic E-state index is -4.16. The molecule has 3 rings (SSSR count). The minimum Gasteiger partial charge on any atom is -0.368 e. The molecule has 1 aromatic carbocycles. The summed E-state index contributed by atoms with van der Waals surface area (Å²) in [5, 5.41) is 2.89. The van der Waals surface area contributed by atoms with Crippen LogP contribution in [0.3, 0.4) is 0 Å². The summed E-state index contributed by atoms with van der Waals surface area (Å²) in [6.07, 6.45) is -3.46. The number of anilines is 1. The molecule has 0 saturated carbocycles. The summed E-state index contributed by atoms with van der Waals surface area (Å²) in [6.45, 7) is 3.25. The Morgan fingerprint density at radius 3 is 2.42 bits per heavy atom. The van der Waals surface area contributed by atoms with Crippen molar-refractivity contribution < 1.29 is 18.0 Å². The van der Waals surface area contributed by atoms with Gasteiger partial charge in [0.05, 0.1) is 6.54 Å². The van der Waals surface area contributed by atoms with Crippen molar-refractivity contribution in [2.24, 2.45) is 5.92 Å². The highest BCUT2D eigenvalue weighted by Crippen LogP contribution is 2.22. The Balaban J connectivity index is 1.37. The molecule has 0 radical (unpaired) electrons. The number of benzene rings is 1. The van der Waals surface area contributed by atoms with E-state index in [0.717, 1.165) is 18.8 Å². The molecule has 2 saturated heterocycles. The van der Waals surface area contributed by atoms with Crippen molar-refractivity contribution in [2.75, 3.05) is 57.3 Å². The number of hydrogen-bond acceptors (Lipinski definition) is 3. The Kier molecular flexibility index (Phi) is 5.90. The van der Waals surface area contributed by atoms with Gasteiger partial charge in [0.25, 0.3) is 0 Å². The lowest BCUT2D eigenvalue weighted by Crippen LogP contribution is -2.52. The van der Waals surface area contributed by atoms with Crippen molar-refractivity contribution in [3.8, 4) is 0 Å². The molecule has 1 aromatic rings. The van der Waals surface area contributed by atoms with Crippen LogP contribution in [0, 0.1) is 5.92 Å². The second-order valence-electron chi connectivity index (χ2n) is 7.00. The first-order valence-electron chi connectivity index (χ1n) is 9.02. The van der Waals surface area contributed by atoms with Crippen LogP contribution in [-0.4, -0.2) is 74.4 Å². The highest BCUT2D eigenvalue weighted by atomic mass is 19.4. The van der Waals surface area contributed by atoms with Crippen LogP contribution in [0.4, 0.5) is 23.7 Å². The number of para-hydroxylation sites is 1. The third-order valence-electron chi connectivity index (χ3n) is 5.00. The number of carbonyl (C=O) groups excluding carboxylic acids is 1. The van der Waals surface area contributed by atoms with Crippen molar-refractivity contribution in [3.63, 3.8) is 0 Å². The standard InChI is InChI=1S/C18H25F3N4O/c19-18(20,21)14-23-7-6-15(13-23)12-22-17(26)25-10-8-24(9-11-25)16-4-2-1-3-5-16/h1-5,15H,6-14H2,(H,22,26). The van der Waals surface area contributed by atoms with Crippen LogP contribution in [0.5, 0.6) is 0 Å². The van der Waals surface area contributed by atoms with Crippen LogP contribution in [-0.2, 0) is 0 Å². The zero-order valence-corrected chi connectivity index (χ0v) is 14.7. The van der Waals surface area contributed by atoms with Gasteiger partial charge >= 0.3 is 12.2 Å². The van der Waals surface area contributed by atoms with Gasteiger partial charge in [0.2, 0.25) is 0 Å². The molecule has 2 fully saturated rings. The summed E-state index contributed by atoms with van der Waals surface area (Å²) in [6, 6.07) is 9.97. The average molecular weight is 370 g/mol. The minimum absolute atomic E-state index is 0.0897. The van der Waals surface area contributed by atoms with Crippen molar-refractivity contribution in [3.05, 3.63) is 30.3 Å². The van der Waals surface area contributed by atoms with E-state index in [1.165, 1.54) is 4.90 Å². The molecule has 144 valence electrons. The molecule has 0 aromatic heterocycles. The van der Waals surface area contributed by atoms with E-state index in [0.29, 0.717) is 39.1 Å². The van der Waals surface area contributed by atoms with Gasteiger partial charge in [-0.3, -0.25) is 4.90 Å². The molecule has 2 aliphatic heterocycles. The van der Waals surface area contributed by atoms with Crippen LogP contribution < -0.4 is 10.2 Å². The van der Waals surface area contributed by atoms with Crippen LogP contribution in [0.1, 0.15) is 6.42 Å². The molecule has 2 heterocycles. The predicted molar refractivity (Wildman–Crippen MR) is 94.2 cm³/mol. The van der Waals surface area contributed by atoms with Crippen LogP contribution in [0.2, 0.25) is 0 Å². The van der Waals surface area contributed by atoms with Gasteiger partial charge in [0.15, 0.2) is 0 Å². The van der Waals surface area contributed by atoms with Gasteiger partial charge in [-0.15, -0.1) is 0 Å². The summed E-state index contributed by atoms with van der Waals surface area (Å²) in [5.74, 6) is 0.0897. The molecule has 8 heteroatoms. The average Bonchev–Trinajstić information content (AvgIpc) is 3.06. The second-order valence-corrected chi connectivity index (χ2v) is 7.00. The smallest absolute Gasteiger partial charge is 0.368 e. The van der Waals surface area contributed by atoms with Crippen LogP contribution in [0.25, 0.3) is 0 Å². The summed E-state index contributed by atoms with van der Waals surface area (Å²) in [5.41, 5.74) is 1.16. The molecule has 0 aliphatic carbocycles. The number of likely N-dealkylation sites (tertiary alicyclic amines) is 1. The number of rotatable bonds is 4. The number of urea groups is 1. The van der Waals surface area contributed by atoms with E-state index in [1.54, 1.807) is 4.90 Å². The molecule has 0 bridgehead atoms. The number of piperazine rings is 1. The molecule has 2 aliphatic rings. The zero-order chi connectivity index (χ0) is 18.6. The number of hydrogen-bond donors (Lipinski definition) is 1. The third kappa shape index (κ3) is 5.27. The van der Waals surface area contributed by atoms with Crippen molar-refractivity contribution in [2.45, 2.75) is 12.6 Å². The molecule has 1 N–H and O–H groups in total. The lowest BCUT2D eigenvalue weighted by molar-refractivity contribution is -0.143. The molecular formula is C18H25F3N4O. The Morgan fingerprint density at radius 1 is 1.08 bits per heavy atom. The summed E-state index contributed by atoms with van der Waals surface area (Å²) >= 11 is 0. The van der Waals surface area contributed by atoms with E-state index in [1.807, 2.05) is 18.2 Å². The van der Waals surface area contributed by atoms with Gasteiger partial charge in [-0.2, -0.15) is 13.2 Å². The van der Waals surface area contributed by atoms with Gasteiger partial charge in [-0.25, -0.2) is 4.79 Å². The second kappa shape index (κ2) is 8.16. The SMILES string of the molecule is O=C(NCC1CCN(CC(F)(F)F)C1)N1CCN(c2ccccc2)CC1. The number of nitrogens with zero attached hydrogens (tertiary/aromatic N) is 3. The largest absolute Gasteiger partial charge is 0.401 e. The zero-order valence-electron chi connectivity index (χ0n) is 14.7. The Hall–Kier alpha value is -1.96. The van der Waals surface area contributed by atoms with Gasteiger partial charge in [-0.05, 0) is 31.0 Å². The van der Waals surface area contributed by atoms with Crippen molar-refractivity contribution >= 4 is 11.7 Å². The number of halogens is 3. The van der Waals surface area contributed by atoms with Crippen LogP contribution in [0.15, 0.2) is 30.3 Å². The topological polar surface area (TPSA) is 38.8 Å². The first-order chi connectivity index (χ1) is 12.4. The van der Waals surface area contributed by atoms with E-state index in [-0.39, 0.29) is 11.9 Å². The fourth-order valence-corrected chi connectivity index (χ4v) is 3.63. The summed E-state index contributed by atoms with van der Waals surface area (Å²) in [4.78, 5) is 17.7. The molecule has 26 heavy (non-hydrogen) atoms. The number of nitrogens with one attached hydrogen (secondary N) is 1. The van der Waals surface area contributed by atoms with Gasteiger partial charge < -0.3 is 15.1 Å². The lowest BCUT2D eigenvalue weighted by Gasteiger charge is -2.36. The maximum Gasteiger partial charge on any atom is 0.401 e. The number of amides is 2. The summed E-state index contributed by atoms with van der Waals surface area (Å²) in [7, 11) is 0. The quantitative estimate of drug-likeness (QED) is 0.885. The van der Waals surface area contributed by atoms with Crippen molar-refractivity contribution in [1.29, 1.82) is 0 Å². The highest BCUT2D eigenvalue weighted by Gasteiger charge is 2.34. The van der Waals surface area contributed by atoms with Gasteiger partial charge in [0.1, 0.15) is 0 Å². The van der Waals surface area contributed by atoms with E-state index in [9.17, 15) is 18.0 Å². The van der Waals surface area contributed by atoms with Gasteiger partial charge in [0, 0.05) is 45.0 Å². The highest BCUT2D eigenvalue weighted by molar-refractivity contribution is 5.74. The Labute approximate surface area is 151 Å². The maximum absolute atomic E-state index is 12.4. The summed E-state index contributed by atoms with van der Waals surface area (Å²) < 4.78 is 37.3. The first-order valence-corrected chi connectivity index (χ1v) is 9.02. The molecule has 2 amide bonds. The first kappa shape index (κ1) is 18.8. The number of alkyl halides is 3. The Bertz CT molecular complexity index is 588. The van der Waals surface area contributed by atoms with E-state index >= 15 is 0 Å². The monoisotopic (exact) mass is 370 g/mol. The molecular weight excluding hydrogens is 345 g/mol. The van der Waals surface area contributed by atoms with Gasteiger partial charge in [-0.1, -0.05) is 18.2 Å². The third-order valence-corrected chi connectivity index (χ3v) is 5.00. The molecule has 0 spiro atoms. The van der Waals surface area contributed by atoms with Crippen LogP contribution >= 0.6 is 0 Å². The molecule has 1 unspecified atom stereocenters. The van der Waals surface area contributed by atoms with E-state index in [4.69, 9.17) is 0 Å². The molecule has 1 atom stereocenters. The van der Waals surface area contributed by atoms with E-state index < -0.39 is 12.7 Å². The predicted octanol–water partition coefficient (Wildman–Crippen LogP) is 2.40. The van der Waals surface area contributed by atoms with Crippen molar-refractivity contribution in [1.82, 2.24) is 15.1 Å². The van der Waals surface area contributed by atoms with E-state index in [2.05, 4.69) is 22.3 Å². The fourth-order valence-electron chi connectivity index (χ4n) is 3.63. The molecule has 5 nitrogen and oxygen atoms in total. The Morgan fingerprint density at radius 2 is 1.77 bits per heavy atom. The normalized spacial score (nSPS) is 21.9. The fraction of sp³-hybridized carbons (Fsp3) is 0.611.